The van der Waals surface area contributed by atoms with Gasteiger partial charge in [0.1, 0.15) is 11.6 Å². The molecule has 0 saturated carbocycles. The van der Waals surface area contributed by atoms with Crippen LogP contribution in [0.15, 0.2) is 36.4 Å². The Bertz CT molecular complexity index is 582. The number of aryl methyl sites for hydroxylation is 1. The Kier molecular flexibility index (Phi) is 4.02. The van der Waals surface area contributed by atoms with Crippen molar-refractivity contribution in [3.8, 4) is 17.2 Å². The van der Waals surface area contributed by atoms with Crippen LogP contribution < -0.4 is 9.47 Å². The predicted molar refractivity (Wildman–Crippen MR) is 70.1 cm³/mol. The molecule has 0 radical (unpaired) electrons. The van der Waals surface area contributed by atoms with Gasteiger partial charge in [-0.05, 0) is 42.3 Å². The molecule has 0 fully saturated rings. The highest BCUT2D eigenvalue weighted by atomic mass is 19.1. The Balaban J connectivity index is 2.33. The number of hydrogen-bond acceptors (Lipinski definition) is 3. The lowest BCUT2D eigenvalue weighted by molar-refractivity contribution is 0.280. The van der Waals surface area contributed by atoms with Crippen molar-refractivity contribution in [2.24, 2.45) is 0 Å². The van der Waals surface area contributed by atoms with Crippen LogP contribution >= 0.6 is 0 Å². The van der Waals surface area contributed by atoms with Crippen molar-refractivity contribution in [3.63, 3.8) is 0 Å². The minimum atomic E-state index is -0.451. The van der Waals surface area contributed by atoms with E-state index in [0.717, 1.165) is 5.56 Å². The number of halogens is 1. The van der Waals surface area contributed by atoms with Gasteiger partial charge < -0.3 is 14.6 Å². The van der Waals surface area contributed by atoms with Gasteiger partial charge in [-0.25, -0.2) is 4.39 Å². The molecule has 100 valence electrons. The first kappa shape index (κ1) is 13.4. The third-order valence-corrected chi connectivity index (χ3v) is 2.66. The van der Waals surface area contributed by atoms with Gasteiger partial charge in [0.25, 0.3) is 0 Å². The molecular formula is C15H15FO3. The molecule has 0 heterocycles. The molecule has 0 bridgehead atoms. The Morgan fingerprint density at radius 1 is 1.11 bits per heavy atom. The molecule has 0 aliphatic heterocycles. The third kappa shape index (κ3) is 3.23. The number of aliphatic hydroxyl groups is 1. The highest BCUT2D eigenvalue weighted by Gasteiger charge is 2.07. The maximum absolute atomic E-state index is 13.3. The molecule has 0 unspecified atom stereocenters. The van der Waals surface area contributed by atoms with E-state index in [-0.39, 0.29) is 6.61 Å². The van der Waals surface area contributed by atoms with Crippen LogP contribution in [0.4, 0.5) is 4.39 Å². The molecule has 0 aromatic heterocycles. The fourth-order valence-electron chi connectivity index (χ4n) is 1.76. The van der Waals surface area contributed by atoms with Gasteiger partial charge in [0.15, 0.2) is 11.5 Å². The third-order valence-electron chi connectivity index (χ3n) is 2.66. The average molecular weight is 262 g/mol. The minimum Gasteiger partial charge on any atom is -0.493 e. The Morgan fingerprint density at radius 2 is 1.89 bits per heavy atom. The summed E-state index contributed by atoms with van der Waals surface area (Å²) in [5, 5.41) is 9.04. The van der Waals surface area contributed by atoms with E-state index in [1.807, 2.05) is 19.1 Å². The standard InChI is InChI=1S/C15H15FO3/c1-10-3-4-14(15(5-10)18-2)19-13-7-11(9-17)6-12(16)8-13/h3-8,17H,9H2,1-2H3. The van der Waals surface area contributed by atoms with Gasteiger partial charge in [-0.15, -0.1) is 0 Å². The van der Waals surface area contributed by atoms with Crippen molar-refractivity contribution in [2.45, 2.75) is 13.5 Å². The summed E-state index contributed by atoms with van der Waals surface area (Å²) in [5.74, 6) is 0.955. The van der Waals surface area contributed by atoms with Crippen LogP contribution in [0.1, 0.15) is 11.1 Å². The molecule has 19 heavy (non-hydrogen) atoms. The summed E-state index contributed by atoms with van der Waals surface area (Å²) in [6.45, 7) is 1.71. The van der Waals surface area contributed by atoms with E-state index in [0.29, 0.717) is 22.8 Å². The summed E-state index contributed by atoms with van der Waals surface area (Å²) in [5.41, 5.74) is 1.50. The molecule has 3 nitrogen and oxygen atoms in total. The number of benzene rings is 2. The highest BCUT2D eigenvalue weighted by molar-refractivity contribution is 5.45. The Morgan fingerprint density at radius 3 is 2.58 bits per heavy atom. The maximum Gasteiger partial charge on any atom is 0.169 e. The fraction of sp³-hybridized carbons (Fsp3) is 0.200. The minimum absolute atomic E-state index is 0.237. The number of hydrogen-bond donors (Lipinski definition) is 1. The van der Waals surface area contributed by atoms with Crippen LogP contribution in [0.2, 0.25) is 0 Å². The summed E-state index contributed by atoms with van der Waals surface area (Å²) >= 11 is 0. The molecule has 2 aromatic carbocycles. The predicted octanol–water partition coefficient (Wildman–Crippen LogP) is 3.43. The van der Waals surface area contributed by atoms with Gasteiger partial charge in [0.05, 0.1) is 13.7 Å². The number of aliphatic hydroxyl groups excluding tert-OH is 1. The van der Waals surface area contributed by atoms with Crippen LogP contribution in [0.25, 0.3) is 0 Å². The van der Waals surface area contributed by atoms with Crippen molar-refractivity contribution < 1.29 is 19.0 Å². The van der Waals surface area contributed by atoms with Gasteiger partial charge >= 0.3 is 0 Å². The van der Waals surface area contributed by atoms with Crippen LogP contribution in [0, 0.1) is 12.7 Å². The molecule has 2 aromatic rings. The summed E-state index contributed by atoms with van der Waals surface area (Å²) in [6.07, 6.45) is 0. The zero-order valence-electron chi connectivity index (χ0n) is 10.8. The molecular weight excluding hydrogens is 247 g/mol. The smallest absolute Gasteiger partial charge is 0.169 e. The lowest BCUT2D eigenvalue weighted by atomic mass is 10.2. The van der Waals surface area contributed by atoms with E-state index in [1.165, 1.54) is 12.1 Å². The average Bonchev–Trinajstić information content (AvgIpc) is 2.40. The molecule has 0 spiro atoms. The lowest BCUT2D eigenvalue weighted by Gasteiger charge is -2.11. The number of ether oxygens (including phenoxy) is 2. The van der Waals surface area contributed by atoms with Gasteiger partial charge in [0.2, 0.25) is 0 Å². The zero-order chi connectivity index (χ0) is 13.8. The summed E-state index contributed by atoms with van der Waals surface area (Å²) in [6, 6.07) is 9.59. The molecule has 1 N–H and O–H groups in total. The van der Waals surface area contributed by atoms with Crippen molar-refractivity contribution in [3.05, 3.63) is 53.3 Å². The largest absolute Gasteiger partial charge is 0.493 e. The summed E-state index contributed by atoms with van der Waals surface area (Å²) < 4.78 is 24.2. The summed E-state index contributed by atoms with van der Waals surface area (Å²) in [4.78, 5) is 0. The molecule has 0 saturated heterocycles. The highest BCUT2D eigenvalue weighted by Crippen LogP contribution is 2.32. The molecule has 2 rings (SSSR count). The second-order valence-corrected chi connectivity index (χ2v) is 4.21. The topological polar surface area (TPSA) is 38.7 Å². The van der Waals surface area contributed by atoms with Crippen molar-refractivity contribution >= 4 is 0 Å². The molecule has 0 amide bonds. The monoisotopic (exact) mass is 262 g/mol. The lowest BCUT2D eigenvalue weighted by Crippen LogP contribution is -1.93. The van der Waals surface area contributed by atoms with E-state index in [4.69, 9.17) is 14.6 Å². The first-order valence-corrected chi connectivity index (χ1v) is 5.85. The first-order valence-electron chi connectivity index (χ1n) is 5.85. The molecule has 0 atom stereocenters. The Labute approximate surface area is 111 Å². The van der Waals surface area contributed by atoms with E-state index in [9.17, 15) is 4.39 Å². The molecule has 0 aliphatic carbocycles. The van der Waals surface area contributed by atoms with Crippen LogP contribution in [0.5, 0.6) is 17.2 Å². The van der Waals surface area contributed by atoms with Gasteiger partial charge in [0, 0.05) is 6.07 Å². The second-order valence-electron chi connectivity index (χ2n) is 4.21. The van der Waals surface area contributed by atoms with Crippen molar-refractivity contribution in [1.29, 1.82) is 0 Å². The SMILES string of the molecule is COc1cc(C)ccc1Oc1cc(F)cc(CO)c1. The normalized spacial score (nSPS) is 10.3. The number of methoxy groups -OCH3 is 1. The van der Waals surface area contributed by atoms with Crippen LogP contribution in [0.3, 0.4) is 0 Å². The molecule has 4 heteroatoms. The van der Waals surface area contributed by atoms with E-state index in [1.54, 1.807) is 19.2 Å². The van der Waals surface area contributed by atoms with E-state index >= 15 is 0 Å². The van der Waals surface area contributed by atoms with Crippen LogP contribution in [-0.2, 0) is 6.61 Å². The quantitative estimate of drug-likeness (QED) is 0.917. The van der Waals surface area contributed by atoms with Crippen molar-refractivity contribution in [2.75, 3.05) is 7.11 Å². The fourth-order valence-corrected chi connectivity index (χ4v) is 1.76. The van der Waals surface area contributed by atoms with Crippen LogP contribution in [-0.4, -0.2) is 12.2 Å². The summed E-state index contributed by atoms with van der Waals surface area (Å²) in [7, 11) is 1.55. The first-order chi connectivity index (χ1) is 9.12. The second kappa shape index (κ2) is 5.71. The van der Waals surface area contributed by atoms with Gasteiger partial charge in [-0.1, -0.05) is 6.07 Å². The Hall–Kier alpha value is -2.07. The van der Waals surface area contributed by atoms with Gasteiger partial charge in [-0.3, -0.25) is 0 Å². The van der Waals surface area contributed by atoms with E-state index in [2.05, 4.69) is 0 Å². The number of rotatable bonds is 4. The maximum atomic E-state index is 13.3. The zero-order valence-corrected chi connectivity index (χ0v) is 10.8. The van der Waals surface area contributed by atoms with Crippen molar-refractivity contribution in [1.82, 2.24) is 0 Å². The molecule has 0 aliphatic rings. The van der Waals surface area contributed by atoms with Gasteiger partial charge in [-0.2, -0.15) is 0 Å². The van der Waals surface area contributed by atoms with E-state index < -0.39 is 5.82 Å².